The summed E-state index contributed by atoms with van der Waals surface area (Å²) in [5, 5.41) is 9.07. The number of nitrogens with zero attached hydrogens (tertiary/aromatic N) is 2. The van der Waals surface area contributed by atoms with E-state index in [1.807, 2.05) is 6.07 Å². The highest BCUT2D eigenvalue weighted by Crippen LogP contribution is 2.38. The van der Waals surface area contributed by atoms with E-state index in [0.717, 1.165) is 31.7 Å². The molecule has 2 unspecified atom stereocenters. The van der Waals surface area contributed by atoms with Gasteiger partial charge in [0.1, 0.15) is 5.82 Å². The van der Waals surface area contributed by atoms with Crippen molar-refractivity contribution in [2.75, 3.05) is 7.05 Å². The van der Waals surface area contributed by atoms with E-state index in [0.29, 0.717) is 17.6 Å². The highest BCUT2D eigenvalue weighted by molar-refractivity contribution is 6.00. The Bertz CT molecular complexity index is 579. The number of hydrogen-bond acceptors (Lipinski definition) is 3. The summed E-state index contributed by atoms with van der Waals surface area (Å²) in [6, 6.07) is 6.76. The highest BCUT2D eigenvalue weighted by atomic mass is 19.1. The second-order valence-electron chi connectivity index (χ2n) is 5.88. The zero-order chi connectivity index (χ0) is 14.3. The van der Waals surface area contributed by atoms with Gasteiger partial charge in [-0.2, -0.15) is 5.26 Å². The largest absolute Gasteiger partial charge is 0.300 e. The van der Waals surface area contributed by atoms with Gasteiger partial charge in [-0.1, -0.05) is 0 Å². The van der Waals surface area contributed by atoms with Gasteiger partial charge in [-0.25, -0.2) is 4.39 Å². The minimum atomic E-state index is -0.471. The second kappa shape index (κ2) is 4.99. The van der Waals surface area contributed by atoms with E-state index < -0.39 is 5.82 Å². The smallest absolute Gasteiger partial charge is 0.167 e. The Morgan fingerprint density at radius 1 is 1.35 bits per heavy atom. The summed E-state index contributed by atoms with van der Waals surface area (Å²) >= 11 is 0. The van der Waals surface area contributed by atoms with Gasteiger partial charge in [-0.3, -0.25) is 4.79 Å². The normalized spacial score (nSPS) is 29.1. The molecule has 2 saturated heterocycles. The molecule has 2 fully saturated rings. The first-order chi connectivity index (χ1) is 9.60. The molecule has 0 aromatic heterocycles. The van der Waals surface area contributed by atoms with Crippen molar-refractivity contribution in [3.05, 3.63) is 35.1 Å². The summed E-state index contributed by atoms with van der Waals surface area (Å²) in [7, 11) is 2.13. The zero-order valence-corrected chi connectivity index (χ0v) is 11.5. The van der Waals surface area contributed by atoms with Crippen LogP contribution in [0.3, 0.4) is 0 Å². The lowest BCUT2D eigenvalue weighted by molar-refractivity contribution is 0.0767. The van der Waals surface area contributed by atoms with Gasteiger partial charge in [0.15, 0.2) is 5.78 Å². The lowest BCUT2D eigenvalue weighted by atomic mass is 9.84. The Hall–Kier alpha value is -1.73. The number of ketones is 1. The first-order valence-electron chi connectivity index (χ1n) is 7.06. The van der Waals surface area contributed by atoms with Crippen LogP contribution in [-0.2, 0) is 0 Å². The first-order valence-corrected chi connectivity index (χ1v) is 7.06. The van der Waals surface area contributed by atoms with Gasteiger partial charge in [-0.15, -0.1) is 0 Å². The van der Waals surface area contributed by atoms with Crippen LogP contribution in [-0.4, -0.2) is 29.8 Å². The molecule has 2 heterocycles. The number of carbonyl (C=O) groups is 1. The van der Waals surface area contributed by atoms with Crippen LogP contribution in [0.25, 0.3) is 0 Å². The standard InChI is InChI=1S/C16H17FN2O/c1-19-13-3-4-14(19)8-10(7-13)16(20)15-5-2-12(17)6-11(15)9-18/h2,5-6,10,13-14H,3-4,7-8H2,1H3. The number of carbonyl (C=O) groups excluding carboxylic acids is 1. The number of halogens is 1. The first kappa shape index (κ1) is 13.3. The average molecular weight is 272 g/mol. The van der Waals surface area contributed by atoms with E-state index >= 15 is 0 Å². The van der Waals surface area contributed by atoms with Crippen molar-refractivity contribution in [1.82, 2.24) is 4.90 Å². The predicted molar refractivity (Wildman–Crippen MR) is 72.7 cm³/mol. The third-order valence-corrected chi connectivity index (χ3v) is 4.84. The molecule has 4 heteroatoms. The Balaban J connectivity index is 1.86. The van der Waals surface area contributed by atoms with Crippen molar-refractivity contribution in [2.24, 2.45) is 5.92 Å². The van der Waals surface area contributed by atoms with Crippen LogP contribution in [0, 0.1) is 23.1 Å². The van der Waals surface area contributed by atoms with Crippen LogP contribution in [0.2, 0.25) is 0 Å². The van der Waals surface area contributed by atoms with E-state index in [1.165, 1.54) is 12.1 Å². The van der Waals surface area contributed by atoms with Crippen LogP contribution >= 0.6 is 0 Å². The van der Waals surface area contributed by atoms with E-state index in [-0.39, 0.29) is 17.3 Å². The Morgan fingerprint density at radius 2 is 2.00 bits per heavy atom. The molecule has 2 bridgehead atoms. The fourth-order valence-corrected chi connectivity index (χ4v) is 3.67. The fraction of sp³-hybridized carbons (Fsp3) is 0.500. The van der Waals surface area contributed by atoms with Crippen LogP contribution in [0.1, 0.15) is 41.6 Å². The molecule has 0 saturated carbocycles. The minimum absolute atomic E-state index is 0.00606. The number of benzene rings is 1. The zero-order valence-electron chi connectivity index (χ0n) is 11.5. The van der Waals surface area contributed by atoms with Crippen molar-refractivity contribution in [1.29, 1.82) is 5.26 Å². The molecule has 2 aliphatic rings. The maximum atomic E-state index is 13.2. The van der Waals surface area contributed by atoms with Gasteiger partial charge >= 0.3 is 0 Å². The molecule has 104 valence electrons. The number of piperidine rings is 1. The van der Waals surface area contributed by atoms with Gasteiger partial charge < -0.3 is 4.90 Å². The topological polar surface area (TPSA) is 44.1 Å². The number of Topliss-reactive ketones (excluding diaryl/α,β-unsaturated/α-hetero) is 1. The van der Waals surface area contributed by atoms with E-state index in [1.54, 1.807) is 0 Å². The predicted octanol–water partition coefficient (Wildman–Crippen LogP) is 2.75. The van der Waals surface area contributed by atoms with Crippen molar-refractivity contribution < 1.29 is 9.18 Å². The van der Waals surface area contributed by atoms with Crippen LogP contribution in [0.4, 0.5) is 4.39 Å². The van der Waals surface area contributed by atoms with Crippen LogP contribution in [0.15, 0.2) is 18.2 Å². The Morgan fingerprint density at radius 3 is 2.60 bits per heavy atom. The third kappa shape index (κ3) is 2.12. The summed E-state index contributed by atoms with van der Waals surface area (Å²) in [4.78, 5) is 15.0. The molecule has 2 aliphatic heterocycles. The molecule has 20 heavy (non-hydrogen) atoms. The maximum absolute atomic E-state index is 13.2. The molecule has 1 aromatic carbocycles. The molecule has 0 amide bonds. The van der Waals surface area contributed by atoms with Crippen LogP contribution < -0.4 is 0 Å². The summed E-state index contributed by atoms with van der Waals surface area (Å²) in [5.74, 6) is -0.491. The molecule has 0 spiro atoms. The van der Waals surface area contributed by atoms with E-state index in [4.69, 9.17) is 5.26 Å². The van der Waals surface area contributed by atoms with Gasteiger partial charge in [-0.05, 0) is 50.9 Å². The van der Waals surface area contributed by atoms with Gasteiger partial charge in [0.05, 0.1) is 11.6 Å². The molecule has 3 rings (SSSR count). The van der Waals surface area contributed by atoms with Gasteiger partial charge in [0, 0.05) is 23.6 Å². The molecular formula is C16H17FN2O. The summed E-state index contributed by atoms with van der Waals surface area (Å²) in [5.41, 5.74) is 0.532. The quantitative estimate of drug-likeness (QED) is 0.778. The third-order valence-electron chi connectivity index (χ3n) is 4.84. The lowest BCUT2D eigenvalue weighted by Gasteiger charge is -2.35. The maximum Gasteiger partial charge on any atom is 0.167 e. The molecular weight excluding hydrogens is 255 g/mol. The molecule has 0 aliphatic carbocycles. The van der Waals surface area contributed by atoms with Gasteiger partial charge in [0.25, 0.3) is 0 Å². The van der Waals surface area contributed by atoms with E-state index in [2.05, 4.69) is 11.9 Å². The Labute approximate surface area is 118 Å². The summed E-state index contributed by atoms with van der Waals surface area (Å²) in [6.07, 6.45) is 4.01. The van der Waals surface area contributed by atoms with Crippen molar-refractivity contribution in [3.8, 4) is 6.07 Å². The summed E-state index contributed by atoms with van der Waals surface area (Å²) in [6.45, 7) is 0. The molecule has 2 atom stereocenters. The molecule has 0 N–H and O–H groups in total. The Kier molecular flexibility index (Phi) is 3.31. The monoisotopic (exact) mass is 272 g/mol. The van der Waals surface area contributed by atoms with Gasteiger partial charge in [0.2, 0.25) is 0 Å². The lowest BCUT2D eigenvalue weighted by Crippen LogP contribution is -2.42. The second-order valence-corrected chi connectivity index (χ2v) is 5.88. The molecule has 3 nitrogen and oxygen atoms in total. The van der Waals surface area contributed by atoms with Crippen molar-refractivity contribution >= 4 is 5.78 Å². The molecule has 0 radical (unpaired) electrons. The number of nitriles is 1. The highest BCUT2D eigenvalue weighted by Gasteiger charge is 2.41. The average Bonchev–Trinajstić information content (AvgIpc) is 2.68. The molecule has 1 aromatic rings. The fourth-order valence-electron chi connectivity index (χ4n) is 3.67. The number of fused-ring (bicyclic) bond motifs is 2. The number of hydrogen-bond donors (Lipinski definition) is 0. The number of rotatable bonds is 2. The van der Waals surface area contributed by atoms with Crippen LogP contribution in [0.5, 0.6) is 0 Å². The minimum Gasteiger partial charge on any atom is -0.300 e. The van der Waals surface area contributed by atoms with Crippen molar-refractivity contribution in [3.63, 3.8) is 0 Å². The van der Waals surface area contributed by atoms with Crippen molar-refractivity contribution in [2.45, 2.75) is 37.8 Å². The SMILES string of the molecule is CN1C2CCC1CC(C(=O)c1ccc(F)cc1C#N)C2. The van der Waals surface area contributed by atoms with E-state index in [9.17, 15) is 9.18 Å². The summed E-state index contributed by atoms with van der Waals surface area (Å²) < 4.78 is 13.2.